The van der Waals surface area contributed by atoms with Gasteiger partial charge in [-0.3, -0.25) is 10.1 Å². The number of halogens is 1. The van der Waals surface area contributed by atoms with Crippen LogP contribution in [0.15, 0.2) is 47.2 Å². The number of hydrogen-bond donors (Lipinski definition) is 3. The average molecular weight is 366 g/mol. The number of nitro groups is 1. The molecule has 5 N–H and O–H groups in total. The highest BCUT2D eigenvalue weighted by Gasteiger charge is 2.44. The van der Waals surface area contributed by atoms with Crippen LogP contribution in [0, 0.1) is 10.1 Å². The maximum atomic E-state index is 11.8. The number of nitrogens with zero attached hydrogens (tertiary/aromatic N) is 2. The zero-order chi connectivity index (χ0) is 17.4. The third-order valence-electron chi connectivity index (χ3n) is 4.16. The van der Waals surface area contributed by atoms with Crippen LogP contribution in [0.25, 0.3) is 0 Å². The highest BCUT2D eigenvalue weighted by atomic mass is 35.5. The Morgan fingerprint density at radius 3 is 2.67 bits per heavy atom. The summed E-state index contributed by atoms with van der Waals surface area (Å²) in [5, 5.41) is 15.5. The minimum absolute atomic E-state index is 0.00553. The fourth-order valence-electron chi connectivity index (χ4n) is 3.13. The second-order valence-corrected chi connectivity index (χ2v) is 6.45. The second kappa shape index (κ2) is 6.29. The van der Waals surface area contributed by atoms with Crippen LogP contribution in [0.2, 0.25) is 5.02 Å². The molecule has 0 saturated carbocycles. The lowest BCUT2D eigenvalue weighted by molar-refractivity contribution is -0.432. The molecule has 2 aliphatic heterocycles. The number of benzene rings is 1. The molecule has 2 aliphatic rings. The first-order valence-corrected chi connectivity index (χ1v) is 8.15. The zero-order valence-corrected chi connectivity index (χ0v) is 14.2. The molecule has 7 nitrogen and oxygen atoms in total. The molecule has 1 aromatic carbocycles. The Morgan fingerprint density at radius 1 is 1.42 bits per heavy atom. The van der Waals surface area contributed by atoms with Gasteiger partial charge in [0, 0.05) is 23.7 Å². The smallest absolute Gasteiger partial charge is 0.298 e. The predicted molar refractivity (Wildman–Crippen MR) is 95.5 cm³/mol. The quantitative estimate of drug-likeness (QED) is 0.424. The minimum atomic E-state index is -0.744. The van der Waals surface area contributed by atoms with Gasteiger partial charge in [-0.15, -0.1) is 0 Å². The van der Waals surface area contributed by atoms with E-state index in [4.69, 9.17) is 35.3 Å². The van der Waals surface area contributed by atoms with Crippen LogP contribution >= 0.6 is 23.8 Å². The molecule has 1 unspecified atom stereocenters. The van der Waals surface area contributed by atoms with Crippen molar-refractivity contribution in [3.8, 4) is 0 Å². The summed E-state index contributed by atoms with van der Waals surface area (Å²) in [6.45, 7) is 1.22. The van der Waals surface area contributed by atoms with Gasteiger partial charge in [0.1, 0.15) is 16.7 Å². The van der Waals surface area contributed by atoms with Crippen LogP contribution in [-0.4, -0.2) is 27.9 Å². The largest absolute Gasteiger partial charge is 0.390 e. The first-order chi connectivity index (χ1) is 11.4. The van der Waals surface area contributed by atoms with Gasteiger partial charge in [0.2, 0.25) is 0 Å². The molecule has 0 radical (unpaired) electrons. The van der Waals surface area contributed by atoms with E-state index in [1.54, 1.807) is 29.2 Å². The van der Waals surface area contributed by atoms with Gasteiger partial charge in [-0.1, -0.05) is 36.0 Å². The summed E-state index contributed by atoms with van der Waals surface area (Å²) in [7, 11) is 0. The van der Waals surface area contributed by atoms with E-state index in [1.807, 2.05) is 0 Å². The van der Waals surface area contributed by atoms with Gasteiger partial charge >= 0.3 is 0 Å². The van der Waals surface area contributed by atoms with Crippen LogP contribution in [-0.2, 0) is 0 Å². The highest BCUT2D eigenvalue weighted by molar-refractivity contribution is 7.80. The van der Waals surface area contributed by atoms with Crippen LogP contribution in [0.4, 0.5) is 0 Å². The van der Waals surface area contributed by atoms with Crippen molar-refractivity contribution in [3.63, 3.8) is 0 Å². The second-order valence-electron chi connectivity index (χ2n) is 5.57. The van der Waals surface area contributed by atoms with Gasteiger partial charge in [0.05, 0.1) is 4.92 Å². The molecule has 1 aromatic rings. The molecule has 1 atom stereocenters. The highest BCUT2D eigenvalue weighted by Crippen LogP contribution is 2.41. The Bertz CT molecular complexity index is 775. The molecule has 2 heterocycles. The monoisotopic (exact) mass is 365 g/mol. The van der Waals surface area contributed by atoms with E-state index < -0.39 is 10.8 Å². The van der Waals surface area contributed by atoms with Crippen molar-refractivity contribution < 1.29 is 4.92 Å². The van der Waals surface area contributed by atoms with Gasteiger partial charge in [0.25, 0.3) is 5.70 Å². The molecule has 0 aromatic heterocycles. The number of hydrogen-bond acceptors (Lipinski definition) is 6. The third kappa shape index (κ3) is 2.67. The molecule has 0 bridgehead atoms. The number of nitrogens with two attached hydrogens (primary N) is 2. The van der Waals surface area contributed by atoms with Crippen LogP contribution in [0.1, 0.15) is 17.9 Å². The molecular weight excluding hydrogens is 350 g/mol. The molecule has 126 valence electrons. The standard InChI is InChI=1S/C15H16ClN5O2S/c16-9-4-2-8(3-5-9)10-11(14(18)24)13(17)20-7-1-6-19-15(20)12(10)21(22)23/h2-5,10,19H,1,6-7,17H2,(H2,18,24). The first kappa shape index (κ1) is 16.5. The number of allylic oxidation sites excluding steroid dienone is 1. The van der Waals surface area contributed by atoms with E-state index >= 15 is 0 Å². The maximum Gasteiger partial charge on any atom is 0.298 e. The van der Waals surface area contributed by atoms with Crippen molar-refractivity contribution in [1.29, 1.82) is 0 Å². The van der Waals surface area contributed by atoms with Crippen molar-refractivity contribution in [2.24, 2.45) is 11.5 Å². The van der Waals surface area contributed by atoms with Gasteiger partial charge < -0.3 is 21.7 Å². The molecule has 9 heteroatoms. The number of thiocarbonyl (C=S) groups is 1. The minimum Gasteiger partial charge on any atom is -0.390 e. The van der Waals surface area contributed by atoms with Gasteiger partial charge in [-0.05, 0) is 24.1 Å². The number of fused-ring (bicyclic) bond motifs is 1. The Balaban J connectivity index is 2.25. The van der Waals surface area contributed by atoms with Gasteiger partial charge in [-0.25, -0.2) is 0 Å². The Labute approximate surface area is 149 Å². The summed E-state index contributed by atoms with van der Waals surface area (Å²) in [5.74, 6) is 0.0190. The van der Waals surface area contributed by atoms with Crippen LogP contribution in [0.5, 0.6) is 0 Å². The molecule has 0 aliphatic carbocycles. The number of nitrogens with one attached hydrogen (secondary N) is 1. The molecule has 0 amide bonds. The summed E-state index contributed by atoms with van der Waals surface area (Å²) in [6.07, 6.45) is 0.811. The number of rotatable bonds is 3. The first-order valence-electron chi connectivity index (χ1n) is 7.36. The summed E-state index contributed by atoms with van der Waals surface area (Å²) in [5.41, 5.74) is 13.2. The van der Waals surface area contributed by atoms with Crippen LogP contribution in [0.3, 0.4) is 0 Å². The third-order valence-corrected chi connectivity index (χ3v) is 4.63. The Kier molecular flexibility index (Phi) is 4.33. The Morgan fingerprint density at radius 2 is 2.08 bits per heavy atom. The summed E-state index contributed by atoms with van der Waals surface area (Å²) >= 11 is 11.1. The summed E-state index contributed by atoms with van der Waals surface area (Å²) in [4.78, 5) is 13.2. The fourth-order valence-corrected chi connectivity index (χ4v) is 3.48. The van der Waals surface area contributed by atoms with Crippen molar-refractivity contribution in [2.45, 2.75) is 12.3 Å². The summed E-state index contributed by atoms with van der Waals surface area (Å²) < 4.78 is 0. The molecular formula is C15H16ClN5O2S. The van der Waals surface area contributed by atoms with Crippen molar-refractivity contribution in [3.05, 3.63) is 67.9 Å². The van der Waals surface area contributed by atoms with Gasteiger partial charge in [-0.2, -0.15) is 0 Å². The topological polar surface area (TPSA) is 110 Å². The van der Waals surface area contributed by atoms with E-state index in [9.17, 15) is 10.1 Å². The van der Waals surface area contributed by atoms with E-state index in [1.165, 1.54) is 0 Å². The molecule has 0 spiro atoms. The predicted octanol–water partition coefficient (Wildman–Crippen LogP) is 1.63. The lowest BCUT2D eigenvalue weighted by Crippen LogP contribution is -2.48. The summed E-state index contributed by atoms with van der Waals surface area (Å²) in [6, 6.07) is 6.79. The normalized spacial score (nSPS) is 20.5. The zero-order valence-electron chi connectivity index (χ0n) is 12.7. The van der Waals surface area contributed by atoms with E-state index in [0.717, 1.165) is 6.42 Å². The molecule has 1 fully saturated rings. The fraction of sp³-hybridized carbons (Fsp3) is 0.267. The molecule has 24 heavy (non-hydrogen) atoms. The lowest BCUT2D eigenvalue weighted by Gasteiger charge is -2.38. The Hall–Kier alpha value is -2.32. The van der Waals surface area contributed by atoms with E-state index in [-0.39, 0.29) is 10.7 Å². The van der Waals surface area contributed by atoms with Crippen LogP contribution < -0.4 is 16.8 Å². The lowest BCUT2D eigenvalue weighted by atomic mass is 9.85. The SMILES string of the molecule is NC(=S)C1=C(N)N2CCCNC2=C([N+](=O)[O-])C1c1ccc(Cl)cc1. The molecule has 3 rings (SSSR count). The maximum absolute atomic E-state index is 11.8. The van der Waals surface area contributed by atoms with Crippen molar-refractivity contribution in [1.82, 2.24) is 10.2 Å². The van der Waals surface area contributed by atoms with E-state index in [0.29, 0.717) is 40.9 Å². The van der Waals surface area contributed by atoms with E-state index in [2.05, 4.69) is 5.32 Å². The van der Waals surface area contributed by atoms with Gasteiger partial charge in [0.15, 0.2) is 5.82 Å². The molecule has 1 saturated heterocycles. The van der Waals surface area contributed by atoms with Crippen molar-refractivity contribution in [2.75, 3.05) is 13.1 Å². The van der Waals surface area contributed by atoms with Crippen molar-refractivity contribution >= 4 is 28.8 Å². The average Bonchev–Trinajstić information content (AvgIpc) is 2.54.